The average Bonchev–Trinajstić information content (AvgIpc) is 2.95. The molecule has 0 aliphatic heterocycles. The first-order valence-corrected chi connectivity index (χ1v) is 11.3. The zero-order valence-electron chi connectivity index (χ0n) is 17.8. The lowest BCUT2D eigenvalue weighted by Crippen LogP contribution is -2.61. The van der Waals surface area contributed by atoms with E-state index >= 15 is 0 Å². The molecule has 4 nitrogen and oxygen atoms in total. The van der Waals surface area contributed by atoms with Crippen LogP contribution in [0.5, 0.6) is 0 Å². The normalized spacial score (nSPS) is 47.6. The zero-order valence-corrected chi connectivity index (χ0v) is 17.8. The van der Waals surface area contributed by atoms with Crippen LogP contribution >= 0.6 is 0 Å². The van der Waals surface area contributed by atoms with Crippen molar-refractivity contribution in [1.82, 2.24) is 0 Å². The summed E-state index contributed by atoms with van der Waals surface area (Å²) in [5.74, 6) is 1.82. The van der Waals surface area contributed by atoms with Crippen molar-refractivity contribution in [3.05, 3.63) is 23.8 Å². The molecule has 0 saturated heterocycles. The molecule has 5 aliphatic carbocycles. The monoisotopic (exact) mass is 396 g/mol. The number of rotatable bonds is 2. The van der Waals surface area contributed by atoms with Gasteiger partial charge in [0.15, 0.2) is 17.2 Å². The smallest absolute Gasteiger partial charge is 0.303 e. The summed E-state index contributed by atoms with van der Waals surface area (Å²) in [5.41, 5.74) is 0.237. The zero-order chi connectivity index (χ0) is 20.6. The van der Waals surface area contributed by atoms with Crippen LogP contribution in [0.3, 0.4) is 0 Å². The largest absolute Gasteiger partial charge is 0.451 e. The number of carbonyl (C=O) groups is 3. The van der Waals surface area contributed by atoms with E-state index in [1.165, 1.54) is 12.5 Å². The molecule has 0 heterocycles. The van der Waals surface area contributed by atoms with Crippen LogP contribution in [0.15, 0.2) is 23.8 Å². The molecule has 0 amide bonds. The lowest BCUT2D eigenvalue weighted by Gasteiger charge is -2.63. The van der Waals surface area contributed by atoms with E-state index in [9.17, 15) is 14.4 Å². The molecule has 4 heteroatoms. The maximum Gasteiger partial charge on any atom is 0.303 e. The minimum Gasteiger partial charge on any atom is -0.451 e. The van der Waals surface area contributed by atoms with Crippen LogP contribution in [0.4, 0.5) is 0 Å². The predicted octanol–water partition coefficient (Wildman–Crippen LogP) is 4.58. The highest BCUT2D eigenvalue weighted by Crippen LogP contribution is 2.71. The topological polar surface area (TPSA) is 60.4 Å². The van der Waals surface area contributed by atoms with Crippen molar-refractivity contribution in [2.45, 2.75) is 77.7 Å². The van der Waals surface area contributed by atoms with Crippen LogP contribution < -0.4 is 0 Å². The van der Waals surface area contributed by atoms with Gasteiger partial charge in [-0.3, -0.25) is 14.4 Å². The van der Waals surface area contributed by atoms with Crippen LogP contribution in [-0.2, 0) is 19.1 Å². The fraction of sp³-hybridized carbons (Fsp3) is 0.720. The third-order valence-corrected chi connectivity index (χ3v) is 9.58. The Morgan fingerprint density at radius 3 is 2.66 bits per heavy atom. The molecule has 3 saturated carbocycles. The molecule has 0 aromatic carbocycles. The highest BCUT2D eigenvalue weighted by atomic mass is 16.6. The Labute approximate surface area is 173 Å². The summed E-state index contributed by atoms with van der Waals surface area (Å²) in [7, 11) is 0. The van der Waals surface area contributed by atoms with E-state index in [2.05, 4.69) is 19.1 Å². The lowest BCUT2D eigenvalue weighted by molar-refractivity contribution is -0.191. The number of hydrogen-bond donors (Lipinski definition) is 0. The summed E-state index contributed by atoms with van der Waals surface area (Å²) in [4.78, 5) is 37.1. The number of esters is 1. The summed E-state index contributed by atoms with van der Waals surface area (Å²) < 4.78 is 5.90. The van der Waals surface area contributed by atoms with Crippen molar-refractivity contribution >= 4 is 17.5 Å². The number of ketones is 2. The molecule has 7 atom stereocenters. The molecule has 5 aliphatic rings. The Balaban J connectivity index is 1.60. The Kier molecular flexibility index (Phi) is 4.09. The molecule has 0 radical (unpaired) electrons. The molecular formula is C25H32O4. The first-order chi connectivity index (χ1) is 13.7. The first kappa shape index (κ1) is 19.3. The van der Waals surface area contributed by atoms with E-state index in [0.29, 0.717) is 42.3 Å². The minimum atomic E-state index is -0.981. The fourth-order valence-corrected chi connectivity index (χ4v) is 8.66. The quantitative estimate of drug-likeness (QED) is 0.506. The summed E-state index contributed by atoms with van der Waals surface area (Å²) in [6, 6.07) is 0. The summed E-state index contributed by atoms with van der Waals surface area (Å²) in [5, 5.41) is 0. The molecule has 0 bridgehead atoms. The van der Waals surface area contributed by atoms with E-state index in [1.807, 2.05) is 6.08 Å². The van der Waals surface area contributed by atoms with Gasteiger partial charge in [0.1, 0.15) is 0 Å². The highest BCUT2D eigenvalue weighted by Gasteiger charge is 2.70. The number of hydrogen-bond acceptors (Lipinski definition) is 4. The molecular weight excluding hydrogens is 364 g/mol. The van der Waals surface area contributed by atoms with Crippen molar-refractivity contribution in [1.29, 1.82) is 0 Å². The lowest BCUT2D eigenvalue weighted by atomic mass is 9.41. The van der Waals surface area contributed by atoms with E-state index in [-0.39, 0.29) is 22.6 Å². The van der Waals surface area contributed by atoms with Gasteiger partial charge in [0.05, 0.1) is 0 Å². The van der Waals surface area contributed by atoms with Crippen LogP contribution in [0.2, 0.25) is 0 Å². The molecule has 0 unspecified atom stereocenters. The second-order valence-electron chi connectivity index (χ2n) is 10.6. The van der Waals surface area contributed by atoms with E-state index in [4.69, 9.17) is 4.74 Å². The van der Waals surface area contributed by atoms with Crippen LogP contribution in [0, 0.1) is 34.5 Å². The SMILES string of the molecule is CC(=O)O[C@]1(C(C)=O)CC[C@H]2[C@@H]3CCC4=CC(=O)CC[C@@]45CC=C[C@@H](C[C@@]21C)[C@@H]35. The molecule has 0 N–H and O–H groups in total. The molecule has 0 aromatic rings. The standard InChI is InChI=1S/C25H32O4/c1-15(26)25(29-16(2)27)12-9-21-20-7-6-18-13-19(28)8-11-24(18)10-4-5-17(22(20)24)14-23(21,25)3/h4-5,13,17,20-22H,6-12,14H2,1-3H3/t17-,20-,21-,22-,23-,24-,25-/m0/s1. The third kappa shape index (κ3) is 2.35. The summed E-state index contributed by atoms with van der Waals surface area (Å²) in [6.45, 7) is 5.25. The van der Waals surface area contributed by atoms with Crippen molar-refractivity contribution in [3.63, 3.8) is 0 Å². The number of ether oxygens (including phenoxy) is 1. The number of Topliss-reactive ketones (excluding diaryl/α,β-unsaturated/α-hetero) is 1. The molecule has 5 rings (SSSR count). The second-order valence-corrected chi connectivity index (χ2v) is 10.6. The van der Waals surface area contributed by atoms with Gasteiger partial charge in [-0.25, -0.2) is 0 Å². The molecule has 3 fully saturated rings. The maximum absolute atomic E-state index is 12.9. The third-order valence-electron chi connectivity index (χ3n) is 9.58. The summed E-state index contributed by atoms with van der Waals surface area (Å²) >= 11 is 0. The van der Waals surface area contributed by atoms with Crippen molar-refractivity contribution in [3.8, 4) is 0 Å². The average molecular weight is 397 g/mol. The molecule has 0 aromatic heterocycles. The Morgan fingerprint density at radius 2 is 1.93 bits per heavy atom. The van der Waals surface area contributed by atoms with Gasteiger partial charge >= 0.3 is 5.97 Å². The Morgan fingerprint density at radius 1 is 1.14 bits per heavy atom. The van der Waals surface area contributed by atoms with Crippen molar-refractivity contribution in [2.75, 3.05) is 0 Å². The Hall–Kier alpha value is -1.71. The van der Waals surface area contributed by atoms with Gasteiger partial charge in [-0.05, 0) is 87.0 Å². The van der Waals surface area contributed by atoms with Crippen LogP contribution in [0.25, 0.3) is 0 Å². The van der Waals surface area contributed by atoms with Crippen LogP contribution in [0.1, 0.15) is 72.1 Å². The number of carbonyl (C=O) groups excluding carboxylic acids is 3. The number of fused-ring (bicyclic) bond motifs is 2. The van der Waals surface area contributed by atoms with E-state index < -0.39 is 5.60 Å². The maximum atomic E-state index is 12.9. The molecule has 29 heavy (non-hydrogen) atoms. The van der Waals surface area contributed by atoms with Gasteiger partial charge in [-0.2, -0.15) is 0 Å². The van der Waals surface area contributed by atoms with Gasteiger partial charge in [0, 0.05) is 18.8 Å². The number of allylic oxidation sites excluding steroid dienone is 3. The highest BCUT2D eigenvalue weighted by molar-refractivity contribution is 5.92. The van der Waals surface area contributed by atoms with Gasteiger partial charge < -0.3 is 4.74 Å². The molecule has 1 spiro atoms. The van der Waals surface area contributed by atoms with Gasteiger partial charge in [0.2, 0.25) is 0 Å². The van der Waals surface area contributed by atoms with Gasteiger partial charge in [-0.1, -0.05) is 24.6 Å². The predicted molar refractivity (Wildman–Crippen MR) is 109 cm³/mol. The van der Waals surface area contributed by atoms with Crippen molar-refractivity contribution in [2.24, 2.45) is 34.5 Å². The fourth-order valence-electron chi connectivity index (χ4n) is 8.66. The van der Waals surface area contributed by atoms with Gasteiger partial charge in [-0.15, -0.1) is 0 Å². The van der Waals surface area contributed by atoms with Crippen LogP contribution in [-0.4, -0.2) is 23.1 Å². The van der Waals surface area contributed by atoms with E-state index in [1.54, 1.807) is 6.92 Å². The summed E-state index contributed by atoms with van der Waals surface area (Å²) in [6.07, 6.45) is 14.0. The van der Waals surface area contributed by atoms with E-state index in [0.717, 1.165) is 38.5 Å². The second kappa shape index (κ2) is 6.15. The molecule has 156 valence electrons. The van der Waals surface area contributed by atoms with Gasteiger partial charge in [0.25, 0.3) is 0 Å². The minimum absolute atomic E-state index is 0.00492. The van der Waals surface area contributed by atoms with Crippen molar-refractivity contribution < 1.29 is 19.1 Å². The first-order valence-electron chi connectivity index (χ1n) is 11.3. The Bertz CT molecular complexity index is 853.